The van der Waals surface area contributed by atoms with Crippen LogP contribution in [0.2, 0.25) is 0 Å². The minimum absolute atomic E-state index is 0.0110. The van der Waals surface area contributed by atoms with Crippen molar-refractivity contribution in [2.24, 2.45) is 5.10 Å². The van der Waals surface area contributed by atoms with Crippen LogP contribution in [0, 0.1) is 13.8 Å². The second kappa shape index (κ2) is 9.82. The van der Waals surface area contributed by atoms with E-state index in [9.17, 15) is 14.4 Å². The van der Waals surface area contributed by atoms with E-state index >= 15 is 0 Å². The highest BCUT2D eigenvalue weighted by molar-refractivity contribution is 6.02. The third-order valence-electron chi connectivity index (χ3n) is 4.85. The molecule has 0 atom stereocenters. The first-order valence-corrected chi connectivity index (χ1v) is 9.89. The lowest BCUT2D eigenvalue weighted by atomic mass is 10.1. The van der Waals surface area contributed by atoms with Crippen LogP contribution in [0.5, 0.6) is 0 Å². The fourth-order valence-corrected chi connectivity index (χ4v) is 3.21. The van der Waals surface area contributed by atoms with Gasteiger partial charge in [0.15, 0.2) is 6.61 Å². The summed E-state index contributed by atoms with van der Waals surface area (Å²) in [6.45, 7) is 3.89. The minimum atomic E-state index is -0.591. The number of amides is 2. The molecule has 0 unspecified atom stereocenters. The number of benzene rings is 2. The van der Waals surface area contributed by atoms with Crippen LogP contribution in [0.4, 0.5) is 5.69 Å². The first-order valence-electron chi connectivity index (χ1n) is 9.89. The van der Waals surface area contributed by atoms with E-state index in [1.54, 1.807) is 0 Å². The summed E-state index contributed by atoms with van der Waals surface area (Å²) in [5, 5.41) is 8.50. The van der Waals surface area contributed by atoms with Crippen molar-refractivity contribution in [1.29, 1.82) is 0 Å². The Hall–Kier alpha value is -3.48. The fraction of sp³-hybridized carbons (Fsp3) is 0.304. The summed E-state index contributed by atoms with van der Waals surface area (Å²) < 4.78 is 5.00. The lowest BCUT2D eigenvalue weighted by Crippen LogP contribution is -2.25. The maximum absolute atomic E-state index is 12.3. The van der Waals surface area contributed by atoms with Gasteiger partial charge in [-0.2, -0.15) is 5.10 Å². The monoisotopic (exact) mass is 407 g/mol. The van der Waals surface area contributed by atoms with E-state index in [-0.39, 0.29) is 25.4 Å². The molecule has 2 amide bonds. The van der Waals surface area contributed by atoms with Gasteiger partial charge >= 0.3 is 5.97 Å². The van der Waals surface area contributed by atoms with Gasteiger partial charge in [-0.3, -0.25) is 14.4 Å². The van der Waals surface area contributed by atoms with Crippen LogP contribution in [0.3, 0.4) is 0 Å². The molecule has 0 bridgehead atoms. The molecule has 0 radical (unpaired) electrons. The molecular formula is C23H25N3O4. The molecule has 3 rings (SSSR count). The fourth-order valence-electron chi connectivity index (χ4n) is 3.21. The molecule has 1 aliphatic heterocycles. The van der Waals surface area contributed by atoms with E-state index in [0.717, 1.165) is 28.1 Å². The smallest absolute Gasteiger partial charge is 0.306 e. The lowest BCUT2D eigenvalue weighted by Gasteiger charge is -2.12. The summed E-state index contributed by atoms with van der Waals surface area (Å²) in [4.78, 5) is 36.3. The number of aryl methyl sites for hydroxylation is 2. The minimum Gasteiger partial charge on any atom is -0.456 e. The third-order valence-corrected chi connectivity index (χ3v) is 4.85. The Morgan fingerprint density at radius 2 is 1.70 bits per heavy atom. The molecule has 2 aromatic carbocycles. The molecule has 0 spiro atoms. The van der Waals surface area contributed by atoms with Crippen LogP contribution >= 0.6 is 0 Å². The molecule has 1 heterocycles. The summed E-state index contributed by atoms with van der Waals surface area (Å²) in [5.41, 5.74) is 4.43. The number of nitrogens with zero attached hydrogens (tertiary/aromatic N) is 2. The number of nitrogens with one attached hydrogen (secondary N) is 1. The summed E-state index contributed by atoms with van der Waals surface area (Å²) in [6.07, 6.45) is 0.573. The largest absolute Gasteiger partial charge is 0.456 e. The lowest BCUT2D eigenvalue weighted by molar-refractivity contribution is -0.148. The molecular weight excluding hydrogens is 382 g/mol. The predicted octanol–water partition coefficient (Wildman–Crippen LogP) is 3.20. The maximum Gasteiger partial charge on any atom is 0.306 e. The van der Waals surface area contributed by atoms with E-state index in [1.165, 1.54) is 5.01 Å². The quantitative estimate of drug-likeness (QED) is 0.714. The molecule has 0 saturated heterocycles. The van der Waals surface area contributed by atoms with E-state index < -0.39 is 11.9 Å². The Balaban J connectivity index is 1.42. The van der Waals surface area contributed by atoms with E-state index in [0.29, 0.717) is 13.0 Å². The highest BCUT2D eigenvalue weighted by atomic mass is 16.5. The van der Waals surface area contributed by atoms with E-state index in [1.807, 2.05) is 62.4 Å². The number of ether oxygens (including phenoxy) is 1. The highest BCUT2D eigenvalue weighted by Gasteiger charge is 2.22. The molecule has 156 valence electrons. The zero-order valence-electron chi connectivity index (χ0n) is 17.2. The van der Waals surface area contributed by atoms with Crippen LogP contribution in [0.1, 0.15) is 36.0 Å². The Bertz CT molecular complexity index is 949. The Morgan fingerprint density at radius 1 is 1.00 bits per heavy atom. The molecule has 7 nitrogen and oxygen atoms in total. The van der Waals surface area contributed by atoms with E-state index in [4.69, 9.17) is 4.74 Å². The molecule has 0 aliphatic carbocycles. The van der Waals surface area contributed by atoms with Crippen LogP contribution in [-0.4, -0.2) is 41.7 Å². The molecule has 30 heavy (non-hydrogen) atoms. The Morgan fingerprint density at radius 3 is 2.40 bits per heavy atom. The zero-order valence-corrected chi connectivity index (χ0v) is 17.2. The van der Waals surface area contributed by atoms with Crippen molar-refractivity contribution in [1.82, 2.24) is 5.01 Å². The molecule has 2 aromatic rings. The molecule has 7 heteroatoms. The van der Waals surface area contributed by atoms with E-state index in [2.05, 4.69) is 10.4 Å². The van der Waals surface area contributed by atoms with Crippen molar-refractivity contribution in [3.8, 4) is 0 Å². The Kier molecular flexibility index (Phi) is 6.95. The molecule has 0 saturated carbocycles. The van der Waals surface area contributed by atoms with Gasteiger partial charge in [0, 0.05) is 18.5 Å². The third kappa shape index (κ3) is 5.53. The number of esters is 1. The Labute approximate surface area is 175 Å². The van der Waals surface area contributed by atoms with Crippen molar-refractivity contribution in [2.45, 2.75) is 33.1 Å². The van der Waals surface area contributed by atoms with Crippen molar-refractivity contribution < 1.29 is 19.1 Å². The molecule has 0 aromatic heterocycles. The standard InChI is InChI=1S/C23H25N3O4/c1-16-7-6-8-17(2)23(16)24-20(27)15-30-22(29)12-11-21(28)26-14-13-19(25-26)18-9-4-3-5-10-18/h3-10H,11-15H2,1-2H3,(H,24,27). The number of carbonyl (C=O) groups is 3. The molecule has 1 aliphatic rings. The molecule has 0 fully saturated rings. The van der Waals surface area contributed by atoms with Crippen LogP contribution < -0.4 is 5.32 Å². The van der Waals surface area contributed by atoms with Gasteiger partial charge in [-0.1, -0.05) is 48.5 Å². The summed E-state index contributed by atoms with van der Waals surface area (Å²) in [6, 6.07) is 15.4. The number of hydrogen-bond acceptors (Lipinski definition) is 5. The SMILES string of the molecule is Cc1cccc(C)c1NC(=O)COC(=O)CCC(=O)N1CCC(c2ccccc2)=N1. The number of carbonyl (C=O) groups excluding carboxylic acids is 3. The normalized spacial score (nSPS) is 13.0. The number of hydrazone groups is 1. The number of anilines is 1. The topological polar surface area (TPSA) is 88.1 Å². The summed E-state index contributed by atoms with van der Waals surface area (Å²) in [5.74, 6) is -1.24. The van der Waals surface area contributed by atoms with Gasteiger partial charge in [0.05, 0.1) is 18.7 Å². The predicted molar refractivity (Wildman–Crippen MR) is 114 cm³/mol. The van der Waals surface area contributed by atoms with Gasteiger partial charge in [-0.25, -0.2) is 5.01 Å². The second-order valence-corrected chi connectivity index (χ2v) is 7.16. The van der Waals surface area contributed by atoms with Crippen molar-refractivity contribution >= 4 is 29.2 Å². The summed E-state index contributed by atoms with van der Waals surface area (Å²) >= 11 is 0. The van der Waals surface area contributed by atoms with Crippen LogP contribution in [0.25, 0.3) is 0 Å². The average molecular weight is 407 g/mol. The van der Waals surface area contributed by atoms with Gasteiger partial charge < -0.3 is 10.1 Å². The first kappa shape index (κ1) is 21.2. The number of hydrogen-bond donors (Lipinski definition) is 1. The number of para-hydroxylation sites is 1. The van der Waals surface area contributed by atoms with Gasteiger partial charge in [0.25, 0.3) is 5.91 Å². The summed E-state index contributed by atoms with van der Waals surface area (Å²) in [7, 11) is 0. The van der Waals surface area contributed by atoms with Crippen LogP contribution in [0.15, 0.2) is 53.6 Å². The van der Waals surface area contributed by atoms with Gasteiger partial charge in [0.2, 0.25) is 5.91 Å². The molecule has 1 N–H and O–H groups in total. The van der Waals surface area contributed by atoms with Gasteiger partial charge in [-0.15, -0.1) is 0 Å². The zero-order chi connectivity index (χ0) is 21.5. The highest BCUT2D eigenvalue weighted by Crippen LogP contribution is 2.19. The maximum atomic E-state index is 12.3. The first-order chi connectivity index (χ1) is 14.4. The van der Waals surface area contributed by atoms with Crippen molar-refractivity contribution in [2.75, 3.05) is 18.5 Å². The second-order valence-electron chi connectivity index (χ2n) is 7.16. The van der Waals surface area contributed by atoms with Gasteiger partial charge in [0.1, 0.15) is 0 Å². The number of rotatable bonds is 7. The van der Waals surface area contributed by atoms with Crippen molar-refractivity contribution in [3.63, 3.8) is 0 Å². The average Bonchev–Trinajstić information content (AvgIpc) is 3.24. The van der Waals surface area contributed by atoms with Crippen molar-refractivity contribution in [3.05, 3.63) is 65.2 Å². The van der Waals surface area contributed by atoms with Crippen LogP contribution in [-0.2, 0) is 19.1 Å². The van der Waals surface area contributed by atoms with Gasteiger partial charge in [-0.05, 0) is 30.5 Å².